The molecule has 0 atom stereocenters. The number of aromatic nitrogens is 3. The number of imidazole rings is 1. The second kappa shape index (κ2) is 5.13. The lowest BCUT2D eigenvalue weighted by molar-refractivity contribution is 0.101. The van der Waals surface area contributed by atoms with Gasteiger partial charge in [-0.3, -0.25) is 4.79 Å². The number of nitrogens with one attached hydrogen (secondary N) is 1. The smallest absolute Gasteiger partial charge is 0.161 e. The Morgan fingerprint density at radius 3 is 2.85 bits per heavy atom. The van der Waals surface area contributed by atoms with Crippen molar-refractivity contribution < 1.29 is 4.79 Å². The van der Waals surface area contributed by atoms with E-state index in [0.717, 1.165) is 17.2 Å². The van der Waals surface area contributed by atoms with E-state index in [0.29, 0.717) is 12.1 Å². The zero-order chi connectivity index (χ0) is 13.9. The van der Waals surface area contributed by atoms with Crippen molar-refractivity contribution in [2.24, 2.45) is 0 Å². The number of nitrogens with zero attached hydrogens (tertiary/aromatic N) is 3. The zero-order valence-electron chi connectivity index (χ0n) is 11.1. The van der Waals surface area contributed by atoms with Gasteiger partial charge in [0.2, 0.25) is 0 Å². The van der Waals surface area contributed by atoms with Gasteiger partial charge < -0.3 is 9.72 Å². The molecule has 0 amide bonds. The molecule has 0 aliphatic heterocycles. The van der Waals surface area contributed by atoms with E-state index in [1.54, 1.807) is 18.3 Å². The molecule has 3 heterocycles. The second-order valence-electron chi connectivity index (χ2n) is 4.52. The summed E-state index contributed by atoms with van der Waals surface area (Å²) in [6.07, 6.45) is 5.40. The highest BCUT2D eigenvalue weighted by Crippen LogP contribution is 2.10. The third-order valence-electron chi connectivity index (χ3n) is 3.11. The molecule has 5 heteroatoms. The molecule has 0 saturated heterocycles. The van der Waals surface area contributed by atoms with Crippen LogP contribution in [0.2, 0.25) is 0 Å². The number of rotatable bonds is 4. The lowest BCUT2D eigenvalue weighted by atomic mass is 10.2. The maximum absolute atomic E-state index is 11.2. The van der Waals surface area contributed by atoms with Crippen LogP contribution in [0.4, 0.5) is 5.82 Å². The fourth-order valence-corrected chi connectivity index (χ4v) is 2.00. The molecule has 1 N–H and O–H groups in total. The van der Waals surface area contributed by atoms with Crippen molar-refractivity contribution in [2.45, 2.75) is 13.5 Å². The van der Waals surface area contributed by atoms with Crippen molar-refractivity contribution in [1.82, 2.24) is 14.4 Å². The van der Waals surface area contributed by atoms with E-state index in [-0.39, 0.29) is 5.78 Å². The van der Waals surface area contributed by atoms with E-state index >= 15 is 0 Å². The van der Waals surface area contributed by atoms with Gasteiger partial charge in [-0.1, -0.05) is 6.07 Å². The highest BCUT2D eigenvalue weighted by Gasteiger charge is 2.03. The Kier molecular flexibility index (Phi) is 3.16. The van der Waals surface area contributed by atoms with Crippen molar-refractivity contribution in [3.05, 3.63) is 60.2 Å². The van der Waals surface area contributed by atoms with Crippen molar-refractivity contribution in [3.63, 3.8) is 0 Å². The number of pyridine rings is 2. The minimum atomic E-state index is 0.0193. The molecule has 3 rings (SSSR count). The third-order valence-corrected chi connectivity index (χ3v) is 3.11. The SMILES string of the molecule is CC(=O)c1ccc(NCc2cnc3ccccn23)nc1. The molecule has 5 nitrogen and oxygen atoms in total. The van der Waals surface area contributed by atoms with Crippen LogP contribution in [0, 0.1) is 0 Å². The molecule has 0 spiro atoms. The number of carbonyl (C=O) groups is 1. The minimum absolute atomic E-state index is 0.0193. The number of carbonyl (C=O) groups excluding carboxylic acids is 1. The molecule has 20 heavy (non-hydrogen) atoms. The summed E-state index contributed by atoms with van der Waals surface area (Å²) >= 11 is 0. The average molecular weight is 266 g/mol. The molecule has 0 aliphatic carbocycles. The summed E-state index contributed by atoms with van der Waals surface area (Å²) in [5.41, 5.74) is 2.59. The number of fused-ring (bicyclic) bond motifs is 1. The number of hydrogen-bond acceptors (Lipinski definition) is 4. The Labute approximate surface area is 116 Å². The van der Waals surface area contributed by atoms with Crippen LogP contribution in [0.1, 0.15) is 23.0 Å². The fraction of sp³-hybridized carbons (Fsp3) is 0.133. The molecular weight excluding hydrogens is 252 g/mol. The van der Waals surface area contributed by atoms with E-state index in [2.05, 4.69) is 15.3 Å². The Morgan fingerprint density at radius 1 is 1.20 bits per heavy atom. The Bertz CT molecular complexity index is 746. The van der Waals surface area contributed by atoms with Crippen LogP contribution >= 0.6 is 0 Å². The van der Waals surface area contributed by atoms with Crippen LogP contribution in [0.3, 0.4) is 0 Å². The van der Waals surface area contributed by atoms with Crippen LogP contribution in [0.5, 0.6) is 0 Å². The Morgan fingerprint density at radius 2 is 2.10 bits per heavy atom. The number of Topliss-reactive ketones (excluding diaryl/α,β-unsaturated/α-hetero) is 1. The highest BCUT2D eigenvalue weighted by molar-refractivity contribution is 5.93. The van der Waals surface area contributed by atoms with Crippen molar-refractivity contribution >= 4 is 17.2 Å². The van der Waals surface area contributed by atoms with Gasteiger partial charge in [0.1, 0.15) is 11.5 Å². The van der Waals surface area contributed by atoms with Crippen molar-refractivity contribution in [3.8, 4) is 0 Å². The standard InChI is InChI=1S/C15H14N4O/c1-11(20)12-5-6-14(16-8-12)17-9-13-10-18-15-4-2-3-7-19(13)15/h2-8,10H,9H2,1H3,(H,16,17). The summed E-state index contributed by atoms with van der Waals surface area (Å²) in [6, 6.07) is 9.47. The van der Waals surface area contributed by atoms with Gasteiger partial charge in [0.25, 0.3) is 0 Å². The quantitative estimate of drug-likeness (QED) is 0.737. The van der Waals surface area contributed by atoms with Crippen LogP contribution in [-0.2, 0) is 6.54 Å². The summed E-state index contributed by atoms with van der Waals surface area (Å²) in [6.45, 7) is 2.15. The summed E-state index contributed by atoms with van der Waals surface area (Å²) in [5.74, 6) is 0.756. The molecule has 3 aromatic rings. The van der Waals surface area contributed by atoms with Gasteiger partial charge in [0, 0.05) is 18.0 Å². The van der Waals surface area contributed by atoms with Gasteiger partial charge in [-0.05, 0) is 31.2 Å². The predicted octanol–water partition coefficient (Wildman–Crippen LogP) is 2.54. The number of hydrogen-bond donors (Lipinski definition) is 1. The van der Waals surface area contributed by atoms with Crippen LogP contribution in [0.15, 0.2) is 48.9 Å². The Hall–Kier alpha value is -2.69. The van der Waals surface area contributed by atoms with E-state index in [9.17, 15) is 4.79 Å². The van der Waals surface area contributed by atoms with E-state index < -0.39 is 0 Å². The van der Waals surface area contributed by atoms with Gasteiger partial charge in [0.15, 0.2) is 5.78 Å². The molecule has 3 aromatic heterocycles. The van der Waals surface area contributed by atoms with Gasteiger partial charge in [-0.15, -0.1) is 0 Å². The summed E-state index contributed by atoms with van der Waals surface area (Å²) in [4.78, 5) is 19.7. The van der Waals surface area contributed by atoms with Gasteiger partial charge >= 0.3 is 0 Å². The van der Waals surface area contributed by atoms with Crippen LogP contribution in [0.25, 0.3) is 5.65 Å². The van der Waals surface area contributed by atoms with Crippen molar-refractivity contribution in [2.75, 3.05) is 5.32 Å². The maximum Gasteiger partial charge on any atom is 0.161 e. The third kappa shape index (κ3) is 2.38. The largest absolute Gasteiger partial charge is 0.364 e. The molecule has 0 fully saturated rings. The summed E-state index contributed by atoms with van der Waals surface area (Å²) in [7, 11) is 0. The lowest BCUT2D eigenvalue weighted by Crippen LogP contribution is -2.04. The summed E-state index contributed by atoms with van der Waals surface area (Å²) < 4.78 is 2.02. The molecular formula is C15H14N4O. The van der Waals surface area contributed by atoms with Crippen LogP contribution in [-0.4, -0.2) is 20.2 Å². The van der Waals surface area contributed by atoms with E-state index in [4.69, 9.17) is 0 Å². The molecule has 100 valence electrons. The van der Waals surface area contributed by atoms with Crippen molar-refractivity contribution in [1.29, 1.82) is 0 Å². The Balaban J connectivity index is 1.74. The molecule has 0 unspecified atom stereocenters. The monoisotopic (exact) mass is 266 g/mol. The average Bonchev–Trinajstić information content (AvgIpc) is 2.89. The molecule has 0 aliphatic rings. The molecule has 0 radical (unpaired) electrons. The first-order valence-corrected chi connectivity index (χ1v) is 6.36. The van der Waals surface area contributed by atoms with E-state index in [1.165, 1.54) is 6.92 Å². The first-order chi connectivity index (χ1) is 9.74. The highest BCUT2D eigenvalue weighted by atomic mass is 16.1. The minimum Gasteiger partial charge on any atom is -0.364 e. The van der Waals surface area contributed by atoms with Crippen LogP contribution < -0.4 is 5.32 Å². The molecule has 0 aromatic carbocycles. The first kappa shape index (κ1) is 12.3. The zero-order valence-corrected chi connectivity index (χ0v) is 11.1. The van der Waals surface area contributed by atoms with Gasteiger partial charge in [0.05, 0.1) is 18.4 Å². The van der Waals surface area contributed by atoms with E-state index in [1.807, 2.05) is 35.0 Å². The van der Waals surface area contributed by atoms with Gasteiger partial charge in [-0.25, -0.2) is 9.97 Å². The fourth-order valence-electron chi connectivity index (χ4n) is 2.00. The predicted molar refractivity (Wildman–Crippen MR) is 76.8 cm³/mol. The molecule has 0 bridgehead atoms. The number of anilines is 1. The molecule has 0 saturated carbocycles. The normalized spacial score (nSPS) is 10.7. The first-order valence-electron chi connectivity index (χ1n) is 6.36. The van der Waals surface area contributed by atoms with Gasteiger partial charge in [-0.2, -0.15) is 0 Å². The summed E-state index contributed by atoms with van der Waals surface area (Å²) in [5, 5.41) is 3.22. The lowest BCUT2D eigenvalue weighted by Gasteiger charge is -2.05. The maximum atomic E-state index is 11.2. The number of ketones is 1. The second-order valence-corrected chi connectivity index (χ2v) is 4.52. The topological polar surface area (TPSA) is 59.3 Å².